The summed E-state index contributed by atoms with van der Waals surface area (Å²) < 4.78 is 27.2. The molecule has 0 aliphatic carbocycles. The van der Waals surface area contributed by atoms with Gasteiger partial charge in [0, 0.05) is 23.5 Å². The highest BCUT2D eigenvalue weighted by molar-refractivity contribution is 5.16. The summed E-state index contributed by atoms with van der Waals surface area (Å²) in [5, 5.41) is 2.79. The van der Waals surface area contributed by atoms with Crippen molar-refractivity contribution in [3.8, 4) is 0 Å². The SMILES string of the molecule is CC(C)(C)NCC(F)(F)c1ccncc1. The minimum absolute atomic E-state index is 0.00532. The molecule has 1 rings (SSSR count). The standard InChI is InChI=1S/C11H16F2N2/c1-10(2,3)15-8-11(12,13)9-4-6-14-7-5-9/h4-7,15H,8H2,1-3H3. The Morgan fingerprint density at radius 1 is 1.20 bits per heavy atom. The smallest absolute Gasteiger partial charge is 0.285 e. The van der Waals surface area contributed by atoms with Gasteiger partial charge in [-0.2, -0.15) is 8.78 Å². The summed E-state index contributed by atoms with van der Waals surface area (Å²) in [5.41, 5.74) is -0.314. The van der Waals surface area contributed by atoms with Crippen LogP contribution in [0, 0.1) is 0 Å². The maximum Gasteiger partial charge on any atom is 0.285 e. The van der Waals surface area contributed by atoms with Gasteiger partial charge in [-0.3, -0.25) is 4.98 Å². The Bertz CT molecular complexity index is 304. The van der Waals surface area contributed by atoms with Crippen LogP contribution in [0.4, 0.5) is 8.78 Å². The third-order valence-electron chi connectivity index (χ3n) is 1.94. The van der Waals surface area contributed by atoms with Gasteiger partial charge < -0.3 is 5.32 Å². The summed E-state index contributed by atoms with van der Waals surface area (Å²) in [7, 11) is 0. The van der Waals surface area contributed by atoms with Crippen LogP contribution in [0.3, 0.4) is 0 Å². The minimum Gasteiger partial charge on any atom is -0.306 e. The lowest BCUT2D eigenvalue weighted by atomic mass is 10.1. The molecular weight excluding hydrogens is 198 g/mol. The first-order chi connectivity index (χ1) is 6.81. The van der Waals surface area contributed by atoms with Crippen LogP contribution in [0.5, 0.6) is 0 Å². The Morgan fingerprint density at radius 2 is 1.73 bits per heavy atom. The van der Waals surface area contributed by atoms with E-state index in [9.17, 15) is 8.78 Å². The zero-order valence-electron chi connectivity index (χ0n) is 9.22. The van der Waals surface area contributed by atoms with Crippen molar-refractivity contribution < 1.29 is 8.78 Å². The Hall–Kier alpha value is -1.03. The predicted molar refractivity (Wildman–Crippen MR) is 55.9 cm³/mol. The van der Waals surface area contributed by atoms with E-state index in [0.29, 0.717) is 0 Å². The number of nitrogens with one attached hydrogen (secondary N) is 1. The number of pyridine rings is 1. The fourth-order valence-electron chi connectivity index (χ4n) is 1.07. The van der Waals surface area contributed by atoms with E-state index in [4.69, 9.17) is 0 Å². The van der Waals surface area contributed by atoms with E-state index in [-0.39, 0.29) is 17.6 Å². The second-order valence-corrected chi connectivity index (χ2v) is 4.54. The number of hydrogen-bond donors (Lipinski definition) is 1. The van der Waals surface area contributed by atoms with Gasteiger partial charge >= 0.3 is 0 Å². The molecule has 0 fully saturated rings. The van der Waals surface area contributed by atoms with Crippen molar-refractivity contribution in [1.82, 2.24) is 10.3 Å². The monoisotopic (exact) mass is 214 g/mol. The zero-order chi connectivity index (χ0) is 11.5. The Balaban J connectivity index is 2.68. The molecule has 0 unspecified atom stereocenters. The van der Waals surface area contributed by atoms with Crippen LogP contribution in [-0.4, -0.2) is 17.1 Å². The number of alkyl halides is 2. The number of aromatic nitrogens is 1. The number of hydrogen-bond acceptors (Lipinski definition) is 2. The molecule has 0 saturated carbocycles. The van der Waals surface area contributed by atoms with Crippen LogP contribution in [0.25, 0.3) is 0 Å². The molecule has 0 aliphatic rings. The van der Waals surface area contributed by atoms with Gasteiger partial charge in [-0.05, 0) is 32.9 Å². The second kappa shape index (κ2) is 4.23. The van der Waals surface area contributed by atoms with Gasteiger partial charge in [0.1, 0.15) is 0 Å². The maximum atomic E-state index is 13.6. The molecule has 0 aliphatic heterocycles. The average molecular weight is 214 g/mol. The summed E-state index contributed by atoms with van der Waals surface area (Å²) in [4.78, 5) is 3.71. The summed E-state index contributed by atoms with van der Waals surface area (Å²) >= 11 is 0. The van der Waals surface area contributed by atoms with Gasteiger partial charge in [-0.1, -0.05) is 0 Å². The molecule has 0 atom stereocenters. The number of halogens is 2. The van der Waals surface area contributed by atoms with Gasteiger partial charge in [0.25, 0.3) is 5.92 Å². The molecular formula is C11H16F2N2. The van der Waals surface area contributed by atoms with Crippen LogP contribution in [0.15, 0.2) is 24.5 Å². The van der Waals surface area contributed by atoms with Gasteiger partial charge in [0.2, 0.25) is 0 Å². The summed E-state index contributed by atoms with van der Waals surface area (Å²) in [6, 6.07) is 2.68. The van der Waals surface area contributed by atoms with E-state index in [1.807, 2.05) is 20.8 Å². The lowest BCUT2D eigenvalue weighted by molar-refractivity contribution is -0.00868. The second-order valence-electron chi connectivity index (χ2n) is 4.54. The van der Waals surface area contributed by atoms with Crippen LogP contribution >= 0.6 is 0 Å². The van der Waals surface area contributed by atoms with Gasteiger partial charge in [-0.25, -0.2) is 0 Å². The van der Waals surface area contributed by atoms with E-state index in [1.54, 1.807) is 0 Å². The fraction of sp³-hybridized carbons (Fsp3) is 0.545. The lowest BCUT2D eigenvalue weighted by Gasteiger charge is -2.25. The lowest BCUT2D eigenvalue weighted by Crippen LogP contribution is -2.42. The van der Waals surface area contributed by atoms with Crippen LogP contribution in [-0.2, 0) is 5.92 Å². The van der Waals surface area contributed by atoms with E-state index in [1.165, 1.54) is 24.5 Å². The molecule has 1 aromatic heterocycles. The summed E-state index contributed by atoms with van der Waals surface area (Å²) in [5.74, 6) is -2.85. The van der Waals surface area contributed by atoms with Crippen LogP contribution < -0.4 is 5.32 Å². The topological polar surface area (TPSA) is 24.9 Å². The fourth-order valence-corrected chi connectivity index (χ4v) is 1.07. The van der Waals surface area contributed by atoms with Crippen LogP contribution in [0.1, 0.15) is 26.3 Å². The predicted octanol–water partition coefficient (Wildman–Crippen LogP) is 2.56. The largest absolute Gasteiger partial charge is 0.306 e. The third-order valence-corrected chi connectivity index (χ3v) is 1.94. The first-order valence-corrected chi connectivity index (χ1v) is 4.85. The molecule has 0 bridgehead atoms. The van der Waals surface area contributed by atoms with E-state index < -0.39 is 5.92 Å². The first kappa shape index (κ1) is 12.0. The highest BCUT2D eigenvalue weighted by Gasteiger charge is 2.32. The van der Waals surface area contributed by atoms with Crippen molar-refractivity contribution in [2.45, 2.75) is 32.2 Å². The zero-order valence-corrected chi connectivity index (χ0v) is 9.22. The Kier molecular flexibility index (Phi) is 3.39. The van der Waals surface area contributed by atoms with Crippen molar-refractivity contribution in [2.24, 2.45) is 0 Å². The molecule has 0 saturated heterocycles. The van der Waals surface area contributed by atoms with Gasteiger partial charge in [-0.15, -0.1) is 0 Å². The molecule has 1 aromatic rings. The quantitative estimate of drug-likeness (QED) is 0.836. The molecule has 0 radical (unpaired) electrons. The molecule has 0 amide bonds. The molecule has 1 N–H and O–H groups in total. The van der Waals surface area contributed by atoms with Crippen molar-refractivity contribution in [3.63, 3.8) is 0 Å². The summed E-state index contributed by atoms with van der Waals surface area (Å²) in [6.45, 7) is 5.21. The van der Waals surface area contributed by atoms with E-state index in [2.05, 4.69) is 10.3 Å². The molecule has 15 heavy (non-hydrogen) atoms. The van der Waals surface area contributed by atoms with Gasteiger partial charge in [0.15, 0.2) is 0 Å². The van der Waals surface area contributed by atoms with Crippen LogP contribution in [0.2, 0.25) is 0 Å². The first-order valence-electron chi connectivity index (χ1n) is 4.85. The number of rotatable bonds is 3. The third kappa shape index (κ3) is 3.91. The minimum atomic E-state index is -2.85. The number of nitrogens with zero attached hydrogens (tertiary/aromatic N) is 1. The molecule has 0 aromatic carbocycles. The Labute approximate surface area is 88.7 Å². The van der Waals surface area contributed by atoms with Crippen molar-refractivity contribution >= 4 is 0 Å². The molecule has 4 heteroatoms. The molecule has 1 heterocycles. The maximum absolute atomic E-state index is 13.6. The van der Waals surface area contributed by atoms with Crippen molar-refractivity contribution in [2.75, 3.05) is 6.54 Å². The van der Waals surface area contributed by atoms with Gasteiger partial charge in [0.05, 0.1) is 6.54 Å². The molecule has 0 spiro atoms. The highest BCUT2D eigenvalue weighted by atomic mass is 19.3. The van der Waals surface area contributed by atoms with Crippen molar-refractivity contribution in [1.29, 1.82) is 0 Å². The molecule has 84 valence electrons. The normalized spacial score (nSPS) is 12.9. The highest BCUT2D eigenvalue weighted by Crippen LogP contribution is 2.26. The van der Waals surface area contributed by atoms with E-state index in [0.717, 1.165) is 0 Å². The summed E-state index contributed by atoms with van der Waals surface area (Å²) in [6.07, 6.45) is 2.75. The van der Waals surface area contributed by atoms with Crippen molar-refractivity contribution in [3.05, 3.63) is 30.1 Å². The Morgan fingerprint density at radius 3 is 2.20 bits per heavy atom. The van der Waals surface area contributed by atoms with E-state index >= 15 is 0 Å². The molecule has 2 nitrogen and oxygen atoms in total. The average Bonchev–Trinajstić information content (AvgIpc) is 2.16.